The predicted octanol–water partition coefficient (Wildman–Crippen LogP) is 1.86. The number of H-pyrrole nitrogens is 1. The van der Waals surface area contributed by atoms with Gasteiger partial charge in [0.15, 0.2) is 0 Å². The quantitative estimate of drug-likeness (QED) is 0.753. The van der Waals surface area contributed by atoms with Gasteiger partial charge in [-0.3, -0.25) is 19.0 Å². The lowest BCUT2D eigenvalue weighted by Gasteiger charge is -2.29. The molecule has 27 heavy (non-hydrogen) atoms. The van der Waals surface area contributed by atoms with Crippen molar-refractivity contribution in [1.82, 2.24) is 14.5 Å². The molecule has 0 fully saturated rings. The summed E-state index contributed by atoms with van der Waals surface area (Å²) in [5.74, 6) is -0.642. The summed E-state index contributed by atoms with van der Waals surface area (Å²) in [5.41, 5.74) is 1.99. The standard InChI is InChI=1S/C20H16FN3O3/c21-15-4-6-16(7-5-15)24-12-14-11-23(9-8-13(14)10-19(24)26)20(27)17-2-1-3-18(25)22-17/h1-7,10,12H,8-9,11H2,(H,22,25). The van der Waals surface area contributed by atoms with Gasteiger partial charge < -0.3 is 9.88 Å². The summed E-state index contributed by atoms with van der Waals surface area (Å²) in [6, 6.07) is 11.7. The number of fused-ring (bicyclic) bond motifs is 1. The van der Waals surface area contributed by atoms with E-state index in [1.165, 1.54) is 41.0 Å². The molecule has 1 aliphatic heterocycles. The highest BCUT2D eigenvalue weighted by Gasteiger charge is 2.23. The fraction of sp³-hybridized carbons (Fsp3) is 0.150. The molecular formula is C20H16FN3O3. The zero-order valence-electron chi connectivity index (χ0n) is 14.3. The molecule has 1 aliphatic rings. The van der Waals surface area contributed by atoms with Gasteiger partial charge in [-0.15, -0.1) is 0 Å². The van der Waals surface area contributed by atoms with E-state index in [0.717, 1.165) is 11.1 Å². The maximum absolute atomic E-state index is 13.1. The zero-order chi connectivity index (χ0) is 19.0. The molecule has 0 saturated carbocycles. The van der Waals surface area contributed by atoms with Gasteiger partial charge in [0.1, 0.15) is 11.5 Å². The number of carbonyl (C=O) groups is 1. The topological polar surface area (TPSA) is 75.2 Å². The first-order valence-corrected chi connectivity index (χ1v) is 8.50. The highest BCUT2D eigenvalue weighted by atomic mass is 19.1. The van der Waals surface area contributed by atoms with E-state index in [1.807, 2.05) is 0 Å². The molecule has 1 aromatic carbocycles. The summed E-state index contributed by atoms with van der Waals surface area (Å²) in [4.78, 5) is 40.7. The minimum Gasteiger partial charge on any atom is -0.333 e. The average Bonchev–Trinajstić information content (AvgIpc) is 2.67. The van der Waals surface area contributed by atoms with Crippen LogP contribution in [0.15, 0.2) is 64.3 Å². The molecule has 1 N–H and O–H groups in total. The van der Waals surface area contributed by atoms with Crippen LogP contribution in [0.5, 0.6) is 0 Å². The Morgan fingerprint density at radius 1 is 1.04 bits per heavy atom. The third kappa shape index (κ3) is 3.31. The maximum atomic E-state index is 13.1. The summed E-state index contributed by atoms with van der Waals surface area (Å²) in [5, 5.41) is 0. The van der Waals surface area contributed by atoms with Crippen LogP contribution in [0.4, 0.5) is 4.39 Å². The third-order valence-electron chi connectivity index (χ3n) is 4.64. The zero-order valence-corrected chi connectivity index (χ0v) is 14.3. The van der Waals surface area contributed by atoms with E-state index in [2.05, 4.69) is 4.98 Å². The first-order valence-electron chi connectivity index (χ1n) is 8.50. The summed E-state index contributed by atoms with van der Waals surface area (Å²) in [7, 11) is 0. The van der Waals surface area contributed by atoms with E-state index >= 15 is 0 Å². The molecule has 3 aromatic rings. The van der Waals surface area contributed by atoms with Crippen LogP contribution in [0.1, 0.15) is 21.6 Å². The largest absolute Gasteiger partial charge is 0.333 e. The summed E-state index contributed by atoms with van der Waals surface area (Å²) >= 11 is 0. The van der Waals surface area contributed by atoms with Crippen LogP contribution in [0.3, 0.4) is 0 Å². The van der Waals surface area contributed by atoms with Crippen molar-refractivity contribution in [3.05, 3.63) is 98.1 Å². The molecule has 0 bridgehead atoms. The van der Waals surface area contributed by atoms with E-state index in [4.69, 9.17) is 0 Å². The number of nitrogens with zero attached hydrogens (tertiary/aromatic N) is 2. The van der Waals surface area contributed by atoms with Crippen LogP contribution in [0, 0.1) is 5.82 Å². The van der Waals surface area contributed by atoms with Gasteiger partial charge in [-0.2, -0.15) is 0 Å². The molecule has 0 aliphatic carbocycles. The number of nitrogens with one attached hydrogen (secondary N) is 1. The smallest absolute Gasteiger partial charge is 0.270 e. The summed E-state index contributed by atoms with van der Waals surface area (Å²) in [6.45, 7) is 0.787. The van der Waals surface area contributed by atoms with Gasteiger partial charge >= 0.3 is 0 Å². The minimum atomic E-state index is -0.376. The number of hydrogen-bond acceptors (Lipinski definition) is 3. The normalized spacial score (nSPS) is 13.3. The molecule has 0 atom stereocenters. The number of halogens is 1. The predicted molar refractivity (Wildman–Crippen MR) is 97.5 cm³/mol. The molecule has 0 saturated heterocycles. The van der Waals surface area contributed by atoms with Gasteiger partial charge in [-0.25, -0.2) is 4.39 Å². The monoisotopic (exact) mass is 365 g/mol. The second-order valence-electron chi connectivity index (χ2n) is 6.41. The Morgan fingerprint density at radius 3 is 2.56 bits per heavy atom. The summed E-state index contributed by atoms with van der Waals surface area (Å²) < 4.78 is 14.6. The van der Waals surface area contributed by atoms with E-state index in [-0.39, 0.29) is 28.5 Å². The van der Waals surface area contributed by atoms with Crippen LogP contribution in [-0.4, -0.2) is 26.9 Å². The first-order chi connectivity index (χ1) is 13.0. The molecular weight excluding hydrogens is 349 g/mol. The van der Waals surface area contributed by atoms with Gasteiger partial charge in [0.25, 0.3) is 11.5 Å². The molecule has 6 nitrogen and oxygen atoms in total. The van der Waals surface area contributed by atoms with Crippen molar-refractivity contribution in [2.24, 2.45) is 0 Å². The molecule has 136 valence electrons. The molecule has 2 aromatic heterocycles. The maximum Gasteiger partial charge on any atom is 0.270 e. The van der Waals surface area contributed by atoms with Gasteiger partial charge in [-0.05, 0) is 47.9 Å². The van der Waals surface area contributed by atoms with E-state index in [1.54, 1.807) is 23.2 Å². The highest BCUT2D eigenvalue weighted by Crippen LogP contribution is 2.20. The average molecular weight is 365 g/mol. The molecule has 0 radical (unpaired) electrons. The number of carbonyl (C=O) groups excluding carboxylic acids is 1. The van der Waals surface area contributed by atoms with Crippen molar-refractivity contribution in [1.29, 1.82) is 0 Å². The summed E-state index contributed by atoms with van der Waals surface area (Å²) in [6.07, 6.45) is 2.25. The first kappa shape index (κ1) is 17.0. The Bertz CT molecular complexity index is 1130. The minimum absolute atomic E-state index is 0.201. The second-order valence-corrected chi connectivity index (χ2v) is 6.41. The van der Waals surface area contributed by atoms with Gasteiger partial charge in [0.2, 0.25) is 5.56 Å². The lowest BCUT2D eigenvalue weighted by Crippen LogP contribution is -2.38. The van der Waals surface area contributed by atoms with Gasteiger partial charge in [-0.1, -0.05) is 6.07 Å². The number of hydrogen-bond donors (Lipinski definition) is 1. The van der Waals surface area contributed by atoms with Crippen molar-refractivity contribution in [2.75, 3.05) is 6.54 Å². The molecule has 0 unspecified atom stereocenters. The van der Waals surface area contributed by atoms with Crippen molar-refractivity contribution in [3.8, 4) is 5.69 Å². The number of amides is 1. The van der Waals surface area contributed by atoms with Crippen LogP contribution in [0.2, 0.25) is 0 Å². The Kier molecular flexibility index (Phi) is 4.19. The number of aromatic amines is 1. The Hall–Kier alpha value is -3.48. The van der Waals surface area contributed by atoms with E-state index in [9.17, 15) is 18.8 Å². The van der Waals surface area contributed by atoms with Crippen LogP contribution in [0.25, 0.3) is 5.69 Å². The lowest BCUT2D eigenvalue weighted by molar-refractivity contribution is 0.0728. The van der Waals surface area contributed by atoms with Crippen molar-refractivity contribution < 1.29 is 9.18 Å². The van der Waals surface area contributed by atoms with Crippen molar-refractivity contribution >= 4 is 5.91 Å². The van der Waals surface area contributed by atoms with E-state index in [0.29, 0.717) is 25.2 Å². The lowest BCUT2D eigenvalue weighted by atomic mass is 10.0. The Balaban J connectivity index is 1.66. The number of pyridine rings is 2. The molecule has 0 spiro atoms. The molecule has 1 amide bonds. The molecule has 7 heteroatoms. The Morgan fingerprint density at radius 2 is 1.81 bits per heavy atom. The number of benzene rings is 1. The molecule has 3 heterocycles. The fourth-order valence-corrected chi connectivity index (χ4v) is 3.25. The van der Waals surface area contributed by atoms with Crippen LogP contribution < -0.4 is 11.1 Å². The number of rotatable bonds is 2. The van der Waals surface area contributed by atoms with E-state index < -0.39 is 0 Å². The van der Waals surface area contributed by atoms with Gasteiger partial charge in [0.05, 0.1) is 0 Å². The van der Waals surface area contributed by atoms with Crippen molar-refractivity contribution in [2.45, 2.75) is 13.0 Å². The fourth-order valence-electron chi connectivity index (χ4n) is 3.25. The van der Waals surface area contributed by atoms with Crippen LogP contribution in [-0.2, 0) is 13.0 Å². The SMILES string of the molecule is O=C(c1cccc(=O)[nH]1)N1CCc2cc(=O)n(-c3ccc(F)cc3)cc2C1. The van der Waals surface area contributed by atoms with Crippen LogP contribution >= 0.6 is 0 Å². The third-order valence-corrected chi connectivity index (χ3v) is 4.64. The molecule has 4 rings (SSSR count). The number of aromatic nitrogens is 2. The van der Waals surface area contributed by atoms with Gasteiger partial charge in [0, 0.05) is 37.1 Å². The highest BCUT2D eigenvalue weighted by molar-refractivity contribution is 5.92. The second kappa shape index (κ2) is 6.68. The van der Waals surface area contributed by atoms with Crippen molar-refractivity contribution in [3.63, 3.8) is 0 Å². The Labute approximate surface area is 153 Å².